The Bertz CT molecular complexity index is 735. The highest BCUT2D eigenvalue weighted by atomic mass is 32.2. The number of hydrogen-bond acceptors (Lipinski definition) is 5. The highest BCUT2D eigenvalue weighted by Gasteiger charge is 2.17. The van der Waals surface area contributed by atoms with E-state index in [0.29, 0.717) is 17.8 Å². The van der Waals surface area contributed by atoms with Crippen molar-refractivity contribution in [2.75, 3.05) is 6.26 Å². The van der Waals surface area contributed by atoms with Crippen LogP contribution in [0.5, 0.6) is 0 Å². The minimum Gasteiger partial charge on any atom is -0.287 e. The van der Waals surface area contributed by atoms with Crippen molar-refractivity contribution in [1.82, 2.24) is 15.0 Å². The van der Waals surface area contributed by atoms with E-state index in [1.807, 2.05) is 6.92 Å². The predicted molar refractivity (Wildman–Crippen MR) is 73.3 cm³/mol. The first-order chi connectivity index (χ1) is 9.43. The molecule has 0 aliphatic rings. The molecule has 0 aliphatic heterocycles. The van der Waals surface area contributed by atoms with Gasteiger partial charge in [-0.25, -0.2) is 13.1 Å². The average Bonchev–Trinajstić information content (AvgIpc) is 2.86. The van der Waals surface area contributed by atoms with E-state index in [2.05, 4.69) is 10.3 Å². The van der Waals surface area contributed by atoms with E-state index in [1.165, 1.54) is 23.0 Å². The number of carbonyl (C=O) groups excluding carboxylic acids is 1. The third kappa shape index (κ3) is 2.93. The molecule has 7 heteroatoms. The van der Waals surface area contributed by atoms with Crippen molar-refractivity contribution in [3.8, 4) is 0 Å². The Morgan fingerprint density at radius 2 is 2.10 bits per heavy atom. The first-order valence-corrected chi connectivity index (χ1v) is 8.06. The summed E-state index contributed by atoms with van der Waals surface area (Å²) >= 11 is 0. The number of benzene rings is 1. The van der Waals surface area contributed by atoms with E-state index in [-0.39, 0.29) is 10.7 Å². The van der Waals surface area contributed by atoms with Crippen molar-refractivity contribution < 1.29 is 13.2 Å². The summed E-state index contributed by atoms with van der Waals surface area (Å²) in [5.41, 5.74) is 0.671. The van der Waals surface area contributed by atoms with Crippen LogP contribution in [-0.4, -0.2) is 35.5 Å². The van der Waals surface area contributed by atoms with Crippen LogP contribution in [-0.2, 0) is 16.4 Å². The average molecular weight is 293 g/mol. The van der Waals surface area contributed by atoms with Gasteiger partial charge < -0.3 is 0 Å². The second-order valence-corrected chi connectivity index (χ2v) is 6.49. The number of aryl methyl sites for hydroxylation is 1. The molecule has 1 aromatic heterocycles. The van der Waals surface area contributed by atoms with E-state index < -0.39 is 9.84 Å². The van der Waals surface area contributed by atoms with Gasteiger partial charge >= 0.3 is 0 Å². The monoisotopic (exact) mass is 293 g/mol. The zero-order chi connectivity index (χ0) is 14.8. The van der Waals surface area contributed by atoms with Gasteiger partial charge in [0.05, 0.1) is 11.1 Å². The summed E-state index contributed by atoms with van der Waals surface area (Å²) in [5, 5.41) is 7.58. The van der Waals surface area contributed by atoms with Gasteiger partial charge in [0, 0.05) is 18.4 Å². The molecule has 0 saturated carbocycles. The normalized spacial score (nSPS) is 11.5. The Hall–Kier alpha value is -2.02. The molecule has 1 aromatic carbocycles. The largest absolute Gasteiger partial charge is 0.287 e. The van der Waals surface area contributed by atoms with Crippen molar-refractivity contribution in [1.29, 1.82) is 0 Å². The van der Waals surface area contributed by atoms with Crippen LogP contribution in [0.2, 0.25) is 0 Å². The third-order valence-corrected chi connectivity index (χ3v) is 3.92. The van der Waals surface area contributed by atoms with Crippen molar-refractivity contribution in [3.63, 3.8) is 0 Å². The van der Waals surface area contributed by atoms with E-state index in [4.69, 9.17) is 0 Å². The Morgan fingerprint density at radius 3 is 2.75 bits per heavy atom. The SMILES string of the molecule is CCCn1nncc1C(=O)c1cccc(S(C)(=O)=O)c1. The molecule has 20 heavy (non-hydrogen) atoms. The molecule has 106 valence electrons. The minimum atomic E-state index is -3.34. The molecule has 0 saturated heterocycles. The van der Waals surface area contributed by atoms with Gasteiger partial charge in [-0.1, -0.05) is 24.3 Å². The summed E-state index contributed by atoms with van der Waals surface area (Å²) in [6, 6.07) is 5.98. The van der Waals surface area contributed by atoms with Crippen molar-refractivity contribution in [3.05, 3.63) is 41.7 Å². The van der Waals surface area contributed by atoms with Gasteiger partial charge in [-0.3, -0.25) is 4.79 Å². The minimum absolute atomic E-state index is 0.123. The van der Waals surface area contributed by atoms with Crippen molar-refractivity contribution >= 4 is 15.6 Å². The fraction of sp³-hybridized carbons (Fsp3) is 0.308. The summed E-state index contributed by atoms with van der Waals surface area (Å²) < 4.78 is 24.6. The topological polar surface area (TPSA) is 81.9 Å². The van der Waals surface area contributed by atoms with Gasteiger partial charge in [-0.05, 0) is 18.6 Å². The highest BCUT2D eigenvalue weighted by Crippen LogP contribution is 2.15. The molecule has 0 spiro atoms. The molecule has 0 amide bonds. The fourth-order valence-corrected chi connectivity index (χ4v) is 2.49. The quantitative estimate of drug-likeness (QED) is 0.777. The molecule has 0 aliphatic carbocycles. The van der Waals surface area contributed by atoms with Gasteiger partial charge in [-0.15, -0.1) is 5.10 Å². The van der Waals surface area contributed by atoms with Gasteiger partial charge in [0.15, 0.2) is 9.84 Å². The van der Waals surface area contributed by atoms with E-state index in [1.54, 1.807) is 12.1 Å². The summed E-state index contributed by atoms with van der Waals surface area (Å²) in [4.78, 5) is 12.5. The number of ketones is 1. The second kappa shape index (κ2) is 5.54. The Balaban J connectivity index is 2.41. The lowest BCUT2D eigenvalue weighted by molar-refractivity contribution is 0.102. The number of aromatic nitrogens is 3. The third-order valence-electron chi connectivity index (χ3n) is 2.81. The first-order valence-electron chi connectivity index (χ1n) is 6.17. The van der Waals surface area contributed by atoms with Crippen LogP contribution in [0.3, 0.4) is 0 Å². The Labute approximate surface area is 117 Å². The molecule has 2 aromatic rings. The number of rotatable bonds is 5. The summed E-state index contributed by atoms with van der Waals surface area (Å²) in [7, 11) is -3.34. The second-order valence-electron chi connectivity index (χ2n) is 4.47. The predicted octanol–water partition coefficient (Wildman–Crippen LogP) is 1.32. The van der Waals surface area contributed by atoms with Gasteiger partial charge in [0.1, 0.15) is 5.69 Å². The lowest BCUT2D eigenvalue weighted by atomic mass is 10.1. The maximum absolute atomic E-state index is 12.4. The molecule has 0 radical (unpaired) electrons. The van der Waals surface area contributed by atoms with Crippen LogP contribution in [0.15, 0.2) is 35.4 Å². The number of sulfone groups is 1. The van der Waals surface area contributed by atoms with Crippen LogP contribution in [0, 0.1) is 0 Å². The zero-order valence-corrected chi connectivity index (χ0v) is 12.1. The number of hydrogen-bond donors (Lipinski definition) is 0. The van der Waals surface area contributed by atoms with Crippen LogP contribution in [0.4, 0.5) is 0 Å². The van der Waals surface area contributed by atoms with Gasteiger partial charge in [0.25, 0.3) is 0 Å². The van der Waals surface area contributed by atoms with E-state index in [9.17, 15) is 13.2 Å². The summed E-state index contributed by atoms with van der Waals surface area (Å²) in [6.45, 7) is 2.56. The Morgan fingerprint density at radius 1 is 1.35 bits per heavy atom. The lowest BCUT2D eigenvalue weighted by Crippen LogP contribution is -2.12. The van der Waals surface area contributed by atoms with Crippen LogP contribution < -0.4 is 0 Å². The number of carbonyl (C=O) groups is 1. The molecule has 0 N–H and O–H groups in total. The van der Waals surface area contributed by atoms with Crippen LogP contribution >= 0.6 is 0 Å². The standard InChI is InChI=1S/C13H15N3O3S/c1-3-7-16-12(9-14-15-16)13(17)10-5-4-6-11(8-10)20(2,18)19/h4-6,8-9H,3,7H2,1-2H3. The molecule has 0 fully saturated rings. The van der Waals surface area contributed by atoms with Crippen LogP contribution in [0.25, 0.3) is 0 Å². The highest BCUT2D eigenvalue weighted by molar-refractivity contribution is 7.90. The van der Waals surface area contributed by atoms with Crippen LogP contribution in [0.1, 0.15) is 29.4 Å². The smallest absolute Gasteiger partial charge is 0.212 e. The maximum Gasteiger partial charge on any atom is 0.212 e. The van der Waals surface area contributed by atoms with Crippen molar-refractivity contribution in [2.45, 2.75) is 24.8 Å². The van der Waals surface area contributed by atoms with E-state index in [0.717, 1.165) is 12.7 Å². The number of nitrogens with zero attached hydrogens (tertiary/aromatic N) is 3. The maximum atomic E-state index is 12.4. The van der Waals surface area contributed by atoms with Crippen molar-refractivity contribution in [2.24, 2.45) is 0 Å². The molecule has 0 unspecified atom stereocenters. The van der Waals surface area contributed by atoms with E-state index >= 15 is 0 Å². The fourth-order valence-electron chi connectivity index (χ4n) is 1.83. The molecule has 2 rings (SSSR count). The summed E-state index contributed by atoms with van der Waals surface area (Å²) in [6.07, 6.45) is 3.33. The zero-order valence-electron chi connectivity index (χ0n) is 11.3. The molecular weight excluding hydrogens is 278 g/mol. The Kier molecular flexibility index (Phi) is 3.99. The molecule has 1 heterocycles. The molecule has 0 atom stereocenters. The first kappa shape index (κ1) is 14.4. The molecule has 6 nitrogen and oxygen atoms in total. The van der Waals surface area contributed by atoms with Gasteiger partial charge in [0.2, 0.25) is 5.78 Å². The van der Waals surface area contributed by atoms with Gasteiger partial charge in [-0.2, -0.15) is 0 Å². The lowest BCUT2D eigenvalue weighted by Gasteiger charge is -2.05. The molecule has 0 bridgehead atoms. The molecular formula is C13H15N3O3S. The summed E-state index contributed by atoms with van der Waals surface area (Å²) in [5.74, 6) is -0.283.